The Labute approximate surface area is 144 Å². The molecular formula is C19H18N2O2S. The lowest BCUT2D eigenvalue weighted by Crippen LogP contribution is -2.27. The second kappa shape index (κ2) is 7.84. The molecule has 0 spiro atoms. The molecule has 1 amide bonds. The summed E-state index contributed by atoms with van der Waals surface area (Å²) in [5.41, 5.74) is 2.10. The first-order valence-corrected chi connectivity index (χ1v) is 8.91. The van der Waals surface area contributed by atoms with Gasteiger partial charge >= 0.3 is 0 Å². The number of fused-ring (bicyclic) bond motifs is 1. The van der Waals surface area contributed by atoms with Crippen LogP contribution in [0.25, 0.3) is 10.9 Å². The average molecular weight is 338 g/mol. The van der Waals surface area contributed by atoms with Crippen LogP contribution in [0.5, 0.6) is 0 Å². The van der Waals surface area contributed by atoms with Gasteiger partial charge in [0.2, 0.25) is 5.56 Å². The van der Waals surface area contributed by atoms with E-state index in [0.29, 0.717) is 17.6 Å². The Morgan fingerprint density at radius 2 is 1.79 bits per heavy atom. The van der Waals surface area contributed by atoms with Crippen LogP contribution >= 0.6 is 11.8 Å². The number of pyridine rings is 1. The Bertz CT molecular complexity index is 891. The molecule has 122 valence electrons. The first-order valence-electron chi connectivity index (χ1n) is 7.76. The Kier molecular flexibility index (Phi) is 5.33. The number of rotatable bonds is 6. The van der Waals surface area contributed by atoms with Gasteiger partial charge < -0.3 is 10.3 Å². The normalized spacial score (nSPS) is 10.7. The van der Waals surface area contributed by atoms with E-state index in [4.69, 9.17) is 0 Å². The second-order valence-corrected chi connectivity index (χ2v) is 6.49. The summed E-state index contributed by atoms with van der Waals surface area (Å²) in [6, 6.07) is 18.9. The van der Waals surface area contributed by atoms with Gasteiger partial charge in [-0.1, -0.05) is 48.5 Å². The van der Waals surface area contributed by atoms with Crippen molar-refractivity contribution < 1.29 is 4.79 Å². The number of aromatic nitrogens is 1. The van der Waals surface area contributed by atoms with Gasteiger partial charge in [0, 0.05) is 35.0 Å². The number of nitrogens with one attached hydrogen (secondary N) is 2. The third-order valence-electron chi connectivity index (χ3n) is 3.64. The number of para-hydroxylation sites is 1. The second-order valence-electron chi connectivity index (χ2n) is 5.39. The van der Waals surface area contributed by atoms with Gasteiger partial charge in [-0.3, -0.25) is 9.59 Å². The minimum Gasteiger partial charge on any atom is -0.351 e. The van der Waals surface area contributed by atoms with Crippen molar-refractivity contribution in [3.63, 3.8) is 0 Å². The molecule has 0 saturated carbocycles. The molecule has 0 radical (unpaired) electrons. The van der Waals surface area contributed by atoms with Crippen LogP contribution in [0.4, 0.5) is 0 Å². The van der Waals surface area contributed by atoms with Crippen LogP contribution in [0.15, 0.2) is 65.5 Å². The Morgan fingerprint density at radius 1 is 1.04 bits per heavy atom. The topological polar surface area (TPSA) is 62.0 Å². The summed E-state index contributed by atoms with van der Waals surface area (Å²) in [5, 5.41) is 3.65. The largest absolute Gasteiger partial charge is 0.351 e. The SMILES string of the molecule is O=C(NCCSCc1ccccc1)c1cc(=O)[nH]c2ccccc12. The third kappa shape index (κ3) is 4.06. The van der Waals surface area contributed by atoms with Gasteiger partial charge in [-0.25, -0.2) is 0 Å². The average Bonchev–Trinajstić information content (AvgIpc) is 2.61. The molecule has 1 heterocycles. The fourth-order valence-electron chi connectivity index (χ4n) is 2.49. The zero-order valence-corrected chi connectivity index (χ0v) is 13.9. The molecule has 5 heteroatoms. The molecule has 0 saturated heterocycles. The highest BCUT2D eigenvalue weighted by molar-refractivity contribution is 7.98. The lowest BCUT2D eigenvalue weighted by Gasteiger charge is -2.08. The highest BCUT2D eigenvalue weighted by Crippen LogP contribution is 2.14. The number of benzene rings is 2. The van der Waals surface area contributed by atoms with Crippen LogP contribution in [0.1, 0.15) is 15.9 Å². The minimum absolute atomic E-state index is 0.211. The molecule has 1 aromatic heterocycles. The van der Waals surface area contributed by atoms with Crippen LogP contribution in [0.2, 0.25) is 0 Å². The zero-order valence-electron chi connectivity index (χ0n) is 13.1. The van der Waals surface area contributed by atoms with Crippen molar-refractivity contribution in [3.8, 4) is 0 Å². The maximum Gasteiger partial charge on any atom is 0.252 e. The summed E-state index contributed by atoms with van der Waals surface area (Å²) in [4.78, 5) is 26.8. The van der Waals surface area contributed by atoms with E-state index in [1.165, 1.54) is 11.6 Å². The van der Waals surface area contributed by atoms with Crippen LogP contribution in [0.3, 0.4) is 0 Å². The molecule has 2 N–H and O–H groups in total. The molecule has 24 heavy (non-hydrogen) atoms. The summed E-state index contributed by atoms with van der Waals surface area (Å²) in [7, 11) is 0. The van der Waals surface area contributed by atoms with Gasteiger partial charge in [0.1, 0.15) is 0 Å². The molecule has 0 unspecified atom stereocenters. The van der Waals surface area contributed by atoms with Gasteiger partial charge in [0.25, 0.3) is 5.91 Å². The fraction of sp³-hybridized carbons (Fsp3) is 0.158. The summed E-state index contributed by atoms with van der Waals surface area (Å²) in [6.45, 7) is 0.567. The maximum absolute atomic E-state index is 12.4. The van der Waals surface area contributed by atoms with E-state index >= 15 is 0 Å². The number of hydrogen-bond acceptors (Lipinski definition) is 3. The third-order valence-corrected chi connectivity index (χ3v) is 4.67. The zero-order chi connectivity index (χ0) is 16.8. The van der Waals surface area contributed by atoms with Crippen molar-refractivity contribution in [1.82, 2.24) is 10.3 Å². The van der Waals surface area contributed by atoms with E-state index in [0.717, 1.165) is 16.9 Å². The molecule has 0 bridgehead atoms. The van der Waals surface area contributed by atoms with Crippen LogP contribution in [-0.4, -0.2) is 23.2 Å². The molecule has 4 nitrogen and oxygen atoms in total. The molecule has 0 atom stereocenters. The molecule has 0 aliphatic heterocycles. The number of hydrogen-bond donors (Lipinski definition) is 2. The predicted octanol–water partition coefficient (Wildman–Crippen LogP) is 3.19. The van der Waals surface area contributed by atoms with Crippen LogP contribution in [0, 0.1) is 0 Å². The summed E-state index contributed by atoms with van der Waals surface area (Å²) in [6.07, 6.45) is 0. The standard InChI is InChI=1S/C19H18N2O2S/c22-18-12-16(15-8-4-5-9-17(15)21-18)19(23)20-10-11-24-13-14-6-2-1-3-7-14/h1-9,12H,10-11,13H2,(H,20,23)(H,21,22). The van der Waals surface area contributed by atoms with Crippen molar-refractivity contribution >= 4 is 28.6 Å². The highest BCUT2D eigenvalue weighted by atomic mass is 32.2. The Balaban J connectivity index is 1.57. The summed E-state index contributed by atoms with van der Waals surface area (Å²) in [5.74, 6) is 1.53. The van der Waals surface area contributed by atoms with Crippen molar-refractivity contribution in [3.05, 3.63) is 82.1 Å². The molecular weight excluding hydrogens is 320 g/mol. The van der Waals surface area contributed by atoms with Crippen molar-refractivity contribution in [2.45, 2.75) is 5.75 Å². The monoisotopic (exact) mass is 338 g/mol. The van der Waals surface area contributed by atoms with E-state index in [2.05, 4.69) is 22.4 Å². The Hall–Kier alpha value is -2.53. The molecule has 0 aliphatic rings. The first-order chi connectivity index (χ1) is 11.7. The molecule has 3 rings (SSSR count). The van der Waals surface area contributed by atoms with E-state index in [9.17, 15) is 9.59 Å². The van der Waals surface area contributed by atoms with Gasteiger partial charge in [-0.2, -0.15) is 11.8 Å². The number of aromatic amines is 1. The van der Waals surface area contributed by atoms with Crippen LogP contribution < -0.4 is 10.9 Å². The first kappa shape index (κ1) is 16.3. The number of H-pyrrole nitrogens is 1. The molecule has 0 fully saturated rings. The van der Waals surface area contributed by atoms with Crippen molar-refractivity contribution in [1.29, 1.82) is 0 Å². The molecule has 0 aliphatic carbocycles. The number of amides is 1. The fourth-order valence-corrected chi connectivity index (χ4v) is 3.31. The predicted molar refractivity (Wildman–Crippen MR) is 99.5 cm³/mol. The minimum atomic E-state index is -0.266. The van der Waals surface area contributed by atoms with E-state index in [1.54, 1.807) is 17.8 Å². The quantitative estimate of drug-likeness (QED) is 0.679. The van der Waals surface area contributed by atoms with Gasteiger partial charge in [-0.05, 0) is 11.6 Å². The van der Waals surface area contributed by atoms with E-state index < -0.39 is 0 Å². The maximum atomic E-state index is 12.4. The summed E-state index contributed by atoms with van der Waals surface area (Å²) < 4.78 is 0. The van der Waals surface area contributed by atoms with E-state index in [-0.39, 0.29) is 11.5 Å². The van der Waals surface area contributed by atoms with Gasteiger partial charge in [0.15, 0.2) is 0 Å². The van der Waals surface area contributed by atoms with Gasteiger partial charge in [0.05, 0.1) is 5.56 Å². The van der Waals surface area contributed by atoms with E-state index in [1.807, 2.05) is 36.4 Å². The number of thioether (sulfide) groups is 1. The molecule has 2 aromatic carbocycles. The number of carbonyl (C=O) groups is 1. The van der Waals surface area contributed by atoms with Crippen LogP contribution in [-0.2, 0) is 5.75 Å². The smallest absolute Gasteiger partial charge is 0.252 e. The lowest BCUT2D eigenvalue weighted by molar-refractivity contribution is 0.0957. The van der Waals surface area contributed by atoms with Crippen molar-refractivity contribution in [2.24, 2.45) is 0 Å². The summed E-state index contributed by atoms with van der Waals surface area (Å²) >= 11 is 1.77. The lowest BCUT2D eigenvalue weighted by atomic mass is 10.1. The number of carbonyl (C=O) groups excluding carboxylic acids is 1. The van der Waals surface area contributed by atoms with Crippen molar-refractivity contribution in [2.75, 3.05) is 12.3 Å². The van der Waals surface area contributed by atoms with Gasteiger partial charge in [-0.15, -0.1) is 0 Å². The molecule has 3 aromatic rings. The Morgan fingerprint density at radius 3 is 2.62 bits per heavy atom. The highest BCUT2D eigenvalue weighted by Gasteiger charge is 2.10.